The van der Waals surface area contributed by atoms with Gasteiger partial charge in [-0.15, -0.1) is 0 Å². The highest BCUT2D eigenvalue weighted by atomic mass is 19.1. The Morgan fingerprint density at radius 1 is 1.29 bits per heavy atom. The Hall–Kier alpha value is -2.11. The van der Waals surface area contributed by atoms with Crippen molar-refractivity contribution in [2.45, 2.75) is 0 Å². The number of nitrogens with one attached hydrogen (secondary N) is 1. The van der Waals surface area contributed by atoms with E-state index in [2.05, 4.69) is 5.32 Å². The van der Waals surface area contributed by atoms with E-state index >= 15 is 0 Å². The van der Waals surface area contributed by atoms with Crippen LogP contribution in [0, 0.1) is 5.82 Å². The lowest BCUT2D eigenvalue weighted by molar-refractivity contribution is -0.130. The fourth-order valence-electron chi connectivity index (χ4n) is 1.67. The predicted molar refractivity (Wildman–Crippen MR) is 58.3 cm³/mol. The number of imide groups is 1. The lowest BCUT2D eigenvalue weighted by Gasteiger charge is -2.27. The second-order valence-electron chi connectivity index (χ2n) is 3.64. The molecule has 1 heterocycles. The first-order valence-electron chi connectivity index (χ1n) is 5.01. The van der Waals surface area contributed by atoms with Gasteiger partial charge >= 0.3 is 0 Å². The van der Waals surface area contributed by atoms with E-state index in [4.69, 9.17) is 4.74 Å². The fourth-order valence-corrected chi connectivity index (χ4v) is 1.67. The minimum atomic E-state index is -0.492. The van der Waals surface area contributed by atoms with Crippen molar-refractivity contribution in [1.82, 2.24) is 5.32 Å². The molecule has 1 N–H and O–H groups in total. The molecule has 6 heteroatoms. The molecular weight excluding hydrogens is 227 g/mol. The molecule has 0 saturated carbocycles. The Kier molecular flexibility index (Phi) is 2.95. The zero-order valence-electron chi connectivity index (χ0n) is 9.20. The molecule has 0 atom stereocenters. The maximum Gasteiger partial charge on any atom is 0.246 e. The smallest absolute Gasteiger partial charge is 0.246 e. The lowest BCUT2D eigenvalue weighted by atomic mass is 10.2. The molecule has 0 bridgehead atoms. The fraction of sp³-hybridized carbons (Fsp3) is 0.273. The quantitative estimate of drug-likeness (QED) is 0.753. The number of amides is 2. The normalized spacial score (nSPS) is 15.8. The minimum Gasteiger partial charge on any atom is -0.497 e. The van der Waals surface area contributed by atoms with Gasteiger partial charge in [-0.2, -0.15) is 0 Å². The molecular formula is C11H11FN2O3. The van der Waals surface area contributed by atoms with Crippen LogP contribution < -0.4 is 15.0 Å². The third-order valence-corrected chi connectivity index (χ3v) is 2.44. The second kappa shape index (κ2) is 4.40. The van der Waals surface area contributed by atoms with Crippen molar-refractivity contribution in [3.05, 3.63) is 24.0 Å². The first-order valence-corrected chi connectivity index (χ1v) is 5.01. The molecule has 1 aromatic carbocycles. The number of carbonyl (C=O) groups excluding carboxylic acids is 2. The number of ether oxygens (including phenoxy) is 1. The predicted octanol–water partition coefficient (Wildman–Crippen LogP) is 0.297. The van der Waals surface area contributed by atoms with Crippen LogP contribution in [0.3, 0.4) is 0 Å². The summed E-state index contributed by atoms with van der Waals surface area (Å²) in [6.45, 7) is -0.0916. The van der Waals surface area contributed by atoms with Crippen molar-refractivity contribution >= 4 is 17.5 Å². The Labute approximate surface area is 97.2 Å². The van der Waals surface area contributed by atoms with Gasteiger partial charge in [0.05, 0.1) is 25.9 Å². The summed E-state index contributed by atoms with van der Waals surface area (Å²) in [6.07, 6.45) is 0. The number of hydrogen-bond donors (Lipinski definition) is 1. The van der Waals surface area contributed by atoms with Gasteiger partial charge in [-0.3, -0.25) is 14.9 Å². The van der Waals surface area contributed by atoms with Crippen LogP contribution in [-0.4, -0.2) is 32.0 Å². The van der Waals surface area contributed by atoms with Gasteiger partial charge in [0.15, 0.2) is 0 Å². The number of benzene rings is 1. The average molecular weight is 238 g/mol. The number of nitrogens with zero attached hydrogens (tertiary/aromatic N) is 1. The molecule has 2 rings (SSSR count). The van der Waals surface area contributed by atoms with Gasteiger partial charge in [-0.25, -0.2) is 4.39 Å². The van der Waals surface area contributed by atoms with E-state index < -0.39 is 17.6 Å². The first-order chi connectivity index (χ1) is 8.10. The van der Waals surface area contributed by atoms with Crippen LogP contribution >= 0.6 is 0 Å². The SMILES string of the molecule is COc1ccc(F)c(N2CC(=O)NC(=O)C2)c1. The van der Waals surface area contributed by atoms with Crippen LogP contribution in [-0.2, 0) is 9.59 Å². The summed E-state index contributed by atoms with van der Waals surface area (Å²) in [5.41, 5.74) is 0.188. The summed E-state index contributed by atoms with van der Waals surface area (Å²) in [5.74, 6) is -0.903. The molecule has 0 aliphatic carbocycles. The van der Waals surface area contributed by atoms with Crippen LogP contribution in [0.4, 0.5) is 10.1 Å². The number of halogens is 1. The van der Waals surface area contributed by atoms with Crippen molar-refractivity contribution in [1.29, 1.82) is 0 Å². The molecule has 1 fully saturated rings. The number of rotatable bonds is 2. The minimum absolute atomic E-state index is 0.0458. The lowest BCUT2D eigenvalue weighted by Crippen LogP contribution is -2.51. The molecule has 0 unspecified atom stereocenters. The molecule has 90 valence electrons. The molecule has 1 aliphatic heterocycles. The number of anilines is 1. The van der Waals surface area contributed by atoms with E-state index in [-0.39, 0.29) is 18.8 Å². The number of methoxy groups -OCH3 is 1. The summed E-state index contributed by atoms with van der Waals surface area (Å²) in [5, 5.41) is 2.15. The zero-order valence-corrected chi connectivity index (χ0v) is 9.20. The third kappa shape index (κ3) is 2.35. The summed E-state index contributed by atoms with van der Waals surface area (Å²) in [7, 11) is 1.46. The summed E-state index contributed by atoms with van der Waals surface area (Å²) < 4.78 is 18.6. The highest BCUT2D eigenvalue weighted by Crippen LogP contribution is 2.25. The zero-order chi connectivity index (χ0) is 12.4. The van der Waals surface area contributed by atoms with E-state index in [1.54, 1.807) is 0 Å². The topological polar surface area (TPSA) is 58.6 Å². The average Bonchev–Trinajstić information content (AvgIpc) is 2.28. The van der Waals surface area contributed by atoms with Gasteiger partial charge in [0, 0.05) is 6.07 Å². The third-order valence-electron chi connectivity index (χ3n) is 2.44. The van der Waals surface area contributed by atoms with E-state index in [1.807, 2.05) is 0 Å². The van der Waals surface area contributed by atoms with Crippen molar-refractivity contribution in [3.8, 4) is 5.75 Å². The largest absolute Gasteiger partial charge is 0.497 e. The first kappa shape index (κ1) is 11.4. The maximum absolute atomic E-state index is 13.6. The molecule has 0 spiro atoms. The van der Waals surface area contributed by atoms with Crippen LogP contribution in [0.1, 0.15) is 0 Å². The van der Waals surface area contributed by atoms with E-state index in [9.17, 15) is 14.0 Å². The van der Waals surface area contributed by atoms with Gasteiger partial charge < -0.3 is 9.64 Å². The van der Waals surface area contributed by atoms with Gasteiger partial charge in [-0.1, -0.05) is 0 Å². The molecule has 0 aromatic heterocycles. The summed E-state index contributed by atoms with van der Waals surface area (Å²) in [6, 6.07) is 4.18. The van der Waals surface area contributed by atoms with Gasteiger partial charge in [-0.05, 0) is 12.1 Å². The highest BCUT2D eigenvalue weighted by Gasteiger charge is 2.24. The Bertz CT molecular complexity index is 460. The van der Waals surface area contributed by atoms with Crippen molar-refractivity contribution in [2.75, 3.05) is 25.1 Å². The Morgan fingerprint density at radius 2 is 1.94 bits per heavy atom. The van der Waals surface area contributed by atoms with Gasteiger partial charge in [0.1, 0.15) is 11.6 Å². The Balaban J connectivity index is 2.32. The molecule has 2 amide bonds. The number of hydrogen-bond acceptors (Lipinski definition) is 4. The van der Waals surface area contributed by atoms with Crippen LogP contribution in [0.5, 0.6) is 5.75 Å². The second-order valence-corrected chi connectivity index (χ2v) is 3.64. The molecule has 1 aliphatic rings. The monoisotopic (exact) mass is 238 g/mol. The van der Waals surface area contributed by atoms with Crippen LogP contribution in [0.2, 0.25) is 0 Å². The van der Waals surface area contributed by atoms with E-state index in [0.717, 1.165) is 0 Å². The van der Waals surface area contributed by atoms with E-state index in [0.29, 0.717) is 5.75 Å². The highest BCUT2D eigenvalue weighted by molar-refractivity contribution is 6.02. The van der Waals surface area contributed by atoms with Crippen LogP contribution in [0.15, 0.2) is 18.2 Å². The molecule has 1 aromatic rings. The van der Waals surface area contributed by atoms with Gasteiger partial charge in [0.25, 0.3) is 0 Å². The van der Waals surface area contributed by atoms with Crippen molar-refractivity contribution in [2.24, 2.45) is 0 Å². The van der Waals surface area contributed by atoms with Crippen LogP contribution in [0.25, 0.3) is 0 Å². The molecule has 17 heavy (non-hydrogen) atoms. The summed E-state index contributed by atoms with van der Waals surface area (Å²) >= 11 is 0. The maximum atomic E-state index is 13.6. The van der Waals surface area contributed by atoms with E-state index in [1.165, 1.54) is 30.2 Å². The van der Waals surface area contributed by atoms with Gasteiger partial charge in [0.2, 0.25) is 11.8 Å². The number of carbonyl (C=O) groups is 2. The number of piperazine rings is 1. The van der Waals surface area contributed by atoms with Crippen molar-refractivity contribution in [3.63, 3.8) is 0 Å². The molecule has 5 nitrogen and oxygen atoms in total. The standard InChI is InChI=1S/C11H11FN2O3/c1-17-7-2-3-8(12)9(4-7)14-5-10(15)13-11(16)6-14/h2-4H,5-6H2,1H3,(H,13,15,16). The molecule has 0 radical (unpaired) electrons. The molecule has 1 saturated heterocycles. The summed E-state index contributed by atoms with van der Waals surface area (Å²) in [4.78, 5) is 23.8. The van der Waals surface area contributed by atoms with Crippen molar-refractivity contribution < 1.29 is 18.7 Å². The Morgan fingerprint density at radius 3 is 2.53 bits per heavy atom.